The number of hydrazine groups is 1. The minimum absolute atomic E-state index is 0. The number of benzene rings is 1. The first-order chi connectivity index (χ1) is 11.8. The standard InChI is InChI=1S/C18H27N5O.ClH/c24-18(17-15-11-19-9-8-16(15)21-22-17)23-10-4-7-14(12-23)20-13-5-2-1-3-6-13;/h1-3,5-6,14-17,19-22H,4,7-12H2;1H. The van der Waals surface area contributed by atoms with Crippen molar-refractivity contribution < 1.29 is 4.79 Å². The molecule has 25 heavy (non-hydrogen) atoms. The molecule has 0 saturated carbocycles. The summed E-state index contributed by atoms with van der Waals surface area (Å²) in [4.78, 5) is 15.1. The molecule has 3 fully saturated rings. The van der Waals surface area contributed by atoms with Gasteiger partial charge in [-0.3, -0.25) is 10.2 Å². The first kappa shape index (κ1) is 18.5. The zero-order valence-electron chi connectivity index (χ0n) is 14.4. The van der Waals surface area contributed by atoms with Gasteiger partial charge in [-0.15, -0.1) is 12.4 Å². The lowest BCUT2D eigenvalue weighted by Gasteiger charge is -2.36. The highest BCUT2D eigenvalue weighted by Crippen LogP contribution is 2.23. The van der Waals surface area contributed by atoms with E-state index in [0.29, 0.717) is 18.0 Å². The predicted octanol–water partition coefficient (Wildman–Crippen LogP) is 0.966. The van der Waals surface area contributed by atoms with Gasteiger partial charge in [-0.05, 0) is 37.9 Å². The van der Waals surface area contributed by atoms with Gasteiger partial charge >= 0.3 is 0 Å². The lowest BCUT2D eigenvalue weighted by atomic mass is 9.88. The molecule has 7 heteroatoms. The monoisotopic (exact) mass is 365 g/mol. The highest BCUT2D eigenvalue weighted by Gasteiger charge is 2.43. The van der Waals surface area contributed by atoms with Crippen molar-refractivity contribution >= 4 is 24.0 Å². The molecule has 4 unspecified atom stereocenters. The molecule has 0 aliphatic carbocycles. The number of para-hydroxylation sites is 1. The fraction of sp³-hybridized carbons (Fsp3) is 0.611. The molecule has 0 bridgehead atoms. The second-order valence-corrected chi connectivity index (χ2v) is 7.16. The Morgan fingerprint density at radius 1 is 1.16 bits per heavy atom. The molecule has 0 aromatic heterocycles. The number of anilines is 1. The van der Waals surface area contributed by atoms with Gasteiger partial charge in [-0.25, -0.2) is 5.43 Å². The molecule has 3 saturated heterocycles. The third-order valence-electron chi connectivity index (χ3n) is 5.53. The van der Waals surface area contributed by atoms with E-state index in [-0.39, 0.29) is 24.4 Å². The lowest BCUT2D eigenvalue weighted by molar-refractivity contribution is -0.135. The largest absolute Gasteiger partial charge is 0.381 e. The summed E-state index contributed by atoms with van der Waals surface area (Å²) in [5, 5.41) is 6.99. The van der Waals surface area contributed by atoms with Crippen LogP contribution in [0.2, 0.25) is 0 Å². The molecule has 3 aliphatic heterocycles. The zero-order valence-corrected chi connectivity index (χ0v) is 15.2. The van der Waals surface area contributed by atoms with Gasteiger partial charge in [-0.1, -0.05) is 18.2 Å². The zero-order chi connectivity index (χ0) is 16.4. The minimum atomic E-state index is -0.0988. The molecule has 3 heterocycles. The summed E-state index contributed by atoms with van der Waals surface area (Å²) in [6.07, 6.45) is 3.25. The van der Waals surface area contributed by atoms with Crippen molar-refractivity contribution in [3.05, 3.63) is 30.3 Å². The average Bonchev–Trinajstić information content (AvgIpc) is 3.06. The Morgan fingerprint density at radius 2 is 2.00 bits per heavy atom. The number of hydrogen-bond donors (Lipinski definition) is 4. The molecule has 138 valence electrons. The predicted molar refractivity (Wildman–Crippen MR) is 102 cm³/mol. The van der Waals surface area contributed by atoms with E-state index in [1.807, 2.05) is 23.1 Å². The summed E-state index contributed by atoms with van der Waals surface area (Å²) in [7, 11) is 0. The van der Waals surface area contributed by atoms with E-state index in [4.69, 9.17) is 0 Å². The summed E-state index contributed by atoms with van der Waals surface area (Å²) >= 11 is 0. The summed E-state index contributed by atoms with van der Waals surface area (Å²) in [5.41, 5.74) is 7.72. The van der Waals surface area contributed by atoms with Gasteiger partial charge < -0.3 is 15.5 Å². The van der Waals surface area contributed by atoms with Crippen molar-refractivity contribution in [3.63, 3.8) is 0 Å². The Hall–Kier alpha value is -1.34. The molecule has 1 aromatic rings. The Morgan fingerprint density at radius 3 is 2.84 bits per heavy atom. The number of rotatable bonds is 3. The average molecular weight is 366 g/mol. The normalized spacial score (nSPS) is 31.8. The van der Waals surface area contributed by atoms with E-state index in [9.17, 15) is 4.79 Å². The number of likely N-dealkylation sites (tertiary alicyclic amines) is 1. The molecule has 6 nitrogen and oxygen atoms in total. The van der Waals surface area contributed by atoms with Crippen molar-refractivity contribution in [1.29, 1.82) is 0 Å². The molecule has 0 radical (unpaired) electrons. The van der Waals surface area contributed by atoms with Crippen molar-refractivity contribution in [3.8, 4) is 0 Å². The smallest absolute Gasteiger partial charge is 0.241 e. The topological polar surface area (TPSA) is 68.4 Å². The molecule has 4 atom stereocenters. The summed E-state index contributed by atoms with van der Waals surface area (Å²) in [6.45, 7) is 3.61. The van der Waals surface area contributed by atoms with Crippen LogP contribution in [0.4, 0.5) is 5.69 Å². The molecule has 3 aliphatic rings. The number of nitrogens with one attached hydrogen (secondary N) is 4. The van der Waals surface area contributed by atoms with Gasteiger partial charge in [0.05, 0.1) is 0 Å². The second kappa shape index (κ2) is 8.36. The van der Waals surface area contributed by atoms with Crippen LogP contribution in [0.1, 0.15) is 19.3 Å². The molecular weight excluding hydrogens is 338 g/mol. The van der Waals surface area contributed by atoms with E-state index < -0.39 is 0 Å². The summed E-state index contributed by atoms with van der Waals surface area (Å²) in [5.74, 6) is 0.604. The van der Waals surface area contributed by atoms with Crippen LogP contribution >= 0.6 is 12.4 Å². The van der Waals surface area contributed by atoms with Gasteiger partial charge in [-0.2, -0.15) is 0 Å². The van der Waals surface area contributed by atoms with Gasteiger partial charge in [0.15, 0.2) is 0 Å². The molecule has 1 aromatic carbocycles. The molecular formula is C18H28ClN5O. The number of amides is 1. The van der Waals surface area contributed by atoms with Crippen LogP contribution in [0, 0.1) is 5.92 Å². The van der Waals surface area contributed by atoms with Gasteiger partial charge in [0.2, 0.25) is 5.91 Å². The first-order valence-electron chi connectivity index (χ1n) is 9.13. The Labute approximate surface area is 155 Å². The number of fused-ring (bicyclic) bond motifs is 1. The van der Waals surface area contributed by atoms with Gasteiger partial charge in [0.1, 0.15) is 6.04 Å². The minimum Gasteiger partial charge on any atom is -0.381 e. The van der Waals surface area contributed by atoms with Crippen LogP contribution in [0.5, 0.6) is 0 Å². The number of halogens is 1. The van der Waals surface area contributed by atoms with Crippen LogP contribution in [0.15, 0.2) is 30.3 Å². The highest BCUT2D eigenvalue weighted by molar-refractivity contribution is 5.85. The number of carbonyl (C=O) groups is 1. The van der Waals surface area contributed by atoms with Crippen molar-refractivity contribution in [2.75, 3.05) is 31.5 Å². The Kier molecular flexibility index (Phi) is 6.17. The molecule has 4 rings (SSSR count). The van der Waals surface area contributed by atoms with Crippen LogP contribution in [0.3, 0.4) is 0 Å². The third kappa shape index (κ3) is 4.08. The molecule has 0 spiro atoms. The van der Waals surface area contributed by atoms with E-state index in [1.54, 1.807) is 0 Å². The highest BCUT2D eigenvalue weighted by atomic mass is 35.5. The lowest BCUT2D eigenvalue weighted by Crippen LogP contribution is -2.54. The fourth-order valence-electron chi connectivity index (χ4n) is 4.22. The summed E-state index contributed by atoms with van der Waals surface area (Å²) < 4.78 is 0. The fourth-order valence-corrected chi connectivity index (χ4v) is 4.22. The number of nitrogens with zero attached hydrogens (tertiary/aromatic N) is 1. The van der Waals surface area contributed by atoms with Crippen molar-refractivity contribution in [1.82, 2.24) is 21.1 Å². The van der Waals surface area contributed by atoms with Gasteiger partial charge in [0.25, 0.3) is 0 Å². The van der Waals surface area contributed by atoms with E-state index >= 15 is 0 Å². The quantitative estimate of drug-likeness (QED) is 0.642. The van der Waals surface area contributed by atoms with Crippen LogP contribution in [0.25, 0.3) is 0 Å². The Bertz CT molecular complexity index is 572. The SMILES string of the molecule is Cl.O=C(C1NNC2CCNCC21)N1CCCC(Nc2ccccc2)C1. The van der Waals surface area contributed by atoms with Crippen molar-refractivity contribution in [2.45, 2.75) is 37.4 Å². The number of hydrogen-bond acceptors (Lipinski definition) is 5. The first-order valence-corrected chi connectivity index (χ1v) is 9.13. The number of piperidine rings is 2. The Balaban J connectivity index is 0.00000182. The van der Waals surface area contributed by atoms with E-state index in [1.165, 1.54) is 0 Å². The molecule has 1 amide bonds. The summed E-state index contributed by atoms with van der Waals surface area (Å²) in [6, 6.07) is 10.9. The second-order valence-electron chi connectivity index (χ2n) is 7.16. The maximum atomic E-state index is 13.0. The van der Waals surface area contributed by atoms with Crippen molar-refractivity contribution in [2.24, 2.45) is 5.92 Å². The number of carbonyl (C=O) groups excluding carboxylic acids is 1. The van der Waals surface area contributed by atoms with Crippen LogP contribution in [-0.4, -0.2) is 55.1 Å². The molecule has 4 N–H and O–H groups in total. The third-order valence-corrected chi connectivity index (χ3v) is 5.53. The van der Waals surface area contributed by atoms with E-state index in [0.717, 1.165) is 51.1 Å². The maximum Gasteiger partial charge on any atom is 0.241 e. The van der Waals surface area contributed by atoms with E-state index in [2.05, 4.69) is 33.6 Å². The van der Waals surface area contributed by atoms with Crippen LogP contribution in [-0.2, 0) is 4.79 Å². The van der Waals surface area contributed by atoms with Crippen LogP contribution < -0.4 is 21.5 Å². The maximum absolute atomic E-state index is 13.0. The van der Waals surface area contributed by atoms with Gasteiger partial charge in [0, 0.05) is 43.3 Å².